The molecule has 0 spiro atoms. The van der Waals surface area contributed by atoms with Gasteiger partial charge in [0.05, 0.1) is 19.0 Å². The van der Waals surface area contributed by atoms with Gasteiger partial charge in [0.25, 0.3) is 0 Å². The van der Waals surface area contributed by atoms with Crippen molar-refractivity contribution in [2.45, 2.75) is 25.7 Å². The number of hydrogen-bond acceptors (Lipinski definition) is 5. The van der Waals surface area contributed by atoms with E-state index in [4.69, 9.17) is 25.8 Å². The molecule has 2 heterocycles. The third-order valence-electron chi connectivity index (χ3n) is 2.10. The van der Waals surface area contributed by atoms with Crippen LogP contribution in [0, 0.1) is 0 Å². The Morgan fingerprint density at radius 2 is 2.19 bits per heavy atom. The first-order valence-electron chi connectivity index (χ1n) is 4.97. The summed E-state index contributed by atoms with van der Waals surface area (Å²) in [4.78, 5) is 7.62. The van der Waals surface area contributed by atoms with Gasteiger partial charge in [-0.2, -0.15) is 0 Å². The summed E-state index contributed by atoms with van der Waals surface area (Å²) >= 11 is 5.55. The molecule has 1 atom stereocenters. The van der Waals surface area contributed by atoms with Gasteiger partial charge in [-0.1, -0.05) is 0 Å². The molecule has 1 fully saturated rings. The van der Waals surface area contributed by atoms with Gasteiger partial charge >= 0.3 is 0 Å². The van der Waals surface area contributed by atoms with Gasteiger partial charge in [0.1, 0.15) is 12.7 Å². The lowest BCUT2D eigenvalue weighted by Gasteiger charge is -2.17. The topological polar surface area (TPSA) is 53.5 Å². The highest BCUT2D eigenvalue weighted by Gasteiger charge is 2.32. The first-order chi connectivity index (χ1) is 7.55. The van der Waals surface area contributed by atoms with E-state index in [1.165, 1.54) is 12.4 Å². The summed E-state index contributed by atoms with van der Waals surface area (Å²) in [5.41, 5.74) is 0. The first kappa shape index (κ1) is 11.6. The molecular formula is C10H13ClN2O3. The zero-order valence-electron chi connectivity index (χ0n) is 9.14. The van der Waals surface area contributed by atoms with Gasteiger partial charge in [-0.3, -0.25) is 0 Å². The molecule has 0 amide bonds. The van der Waals surface area contributed by atoms with Gasteiger partial charge < -0.3 is 14.2 Å². The molecule has 1 aromatic heterocycles. The van der Waals surface area contributed by atoms with Crippen LogP contribution >= 0.6 is 11.6 Å². The molecule has 0 N–H and O–H groups in total. The maximum atomic E-state index is 5.58. The summed E-state index contributed by atoms with van der Waals surface area (Å²) in [6.45, 7) is 4.69. The van der Waals surface area contributed by atoms with Crippen LogP contribution in [-0.2, 0) is 9.47 Å². The minimum Gasteiger partial charge on any atom is -0.488 e. The highest BCUT2D eigenvalue weighted by molar-refractivity contribution is 6.28. The summed E-state index contributed by atoms with van der Waals surface area (Å²) in [7, 11) is 0. The van der Waals surface area contributed by atoms with Gasteiger partial charge in [0.15, 0.2) is 11.5 Å². The smallest absolute Gasteiger partial charge is 0.222 e. The number of rotatable bonds is 3. The summed E-state index contributed by atoms with van der Waals surface area (Å²) in [6.07, 6.45) is 2.98. The van der Waals surface area contributed by atoms with Crippen LogP contribution in [0.1, 0.15) is 13.8 Å². The third kappa shape index (κ3) is 3.04. The predicted molar refractivity (Wildman–Crippen MR) is 57.4 cm³/mol. The second kappa shape index (κ2) is 4.53. The van der Waals surface area contributed by atoms with E-state index >= 15 is 0 Å². The standard InChI is InChI=1S/C10H13ClN2O3/c1-10(2)15-6-8(16-10)5-14-7-3-12-9(11)13-4-7/h3-4,8H,5-6H2,1-2H3. The maximum Gasteiger partial charge on any atom is 0.222 e. The monoisotopic (exact) mass is 244 g/mol. The second-order valence-electron chi connectivity index (χ2n) is 3.95. The van der Waals surface area contributed by atoms with Gasteiger partial charge in [-0.05, 0) is 25.4 Å². The third-order valence-corrected chi connectivity index (χ3v) is 2.30. The Bertz CT molecular complexity index is 356. The number of ether oxygens (including phenoxy) is 3. The Hall–Kier alpha value is -0.910. The molecule has 0 aromatic carbocycles. The van der Waals surface area contributed by atoms with Crippen molar-refractivity contribution in [3.8, 4) is 5.75 Å². The lowest BCUT2D eigenvalue weighted by Crippen LogP contribution is -2.25. The van der Waals surface area contributed by atoms with Crippen LogP contribution in [0.2, 0.25) is 5.28 Å². The van der Waals surface area contributed by atoms with Crippen LogP contribution in [-0.4, -0.2) is 35.1 Å². The van der Waals surface area contributed by atoms with Crippen LogP contribution in [0.4, 0.5) is 0 Å². The molecular weight excluding hydrogens is 232 g/mol. The highest BCUT2D eigenvalue weighted by Crippen LogP contribution is 2.22. The molecule has 1 unspecified atom stereocenters. The summed E-state index contributed by atoms with van der Waals surface area (Å²) < 4.78 is 16.4. The van der Waals surface area contributed by atoms with Gasteiger partial charge in [-0.25, -0.2) is 9.97 Å². The molecule has 0 aliphatic carbocycles. The summed E-state index contributed by atoms with van der Waals surface area (Å²) in [6, 6.07) is 0. The van der Waals surface area contributed by atoms with Gasteiger partial charge in [0, 0.05) is 0 Å². The van der Waals surface area contributed by atoms with E-state index in [-0.39, 0.29) is 11.4 Å². The SMILES string of the molecule is CC1(C)OCC(COc2cnc(Cl)nc2)O1. The fraction of sp³-hybridized carbons (Fsp3) is 0.600. The molecule has 5 nitrogen and oxygen atoms in total. The minimum atomic E-state index is -0.523. The molecule has 6 heteroatoms. The normalized spacial score (nSPS) is 23.3. The quantitative estimate of drug-likeness (QED) is 0.757. The van der Waals surface area contributed by atoms with Crippen molar-refractivity contribution < 1.29 is 14.2 Å². The molecule has 1 aromatic rings. The Kier molecular flexibility index (Phi) is 3.28. The molecule has 88 valence electrons. The van der Waals surface area contributed by atoms with E-state index in [1.54, 1.807) is 0 Å². The van der Waals surface area contributed by atoms with E-state index < -0.39 is 5.79 Å². The predicted octanol–water partition coefficient (Wildman–Crippen LogP) is 1.66. The number of halogens is 1. The van der Waals surface area contributed by atoms with E-state index in [2.05, 4.69) is 9.97 Å². The Labute approximate surface area is 98.7 Å². The van der Waals surface area contributed by atoms with Crippen molar-refractivity contribution in [2.75, 3.05) is 13.2 Å². The van der Waals surface area contributed by atoms with Gasteiger partial charge in [0.2, 0.25) is 5.28 Å². The first-order valence-corrected chi connectivity index (χ1v) is 5.35. The largest absolute Gasteiger partial charge is 0.488 e. The Balaban J connectivity index is 1.82. The van der Waals surface area contributed by atoms with Crippen LogP contribution in [0.3, 0.4) is 0 Å². The molecule has 1 aliphatic rings. The molecule has 16 heavy (non-hydrogen) atoms. The van der Waals surface area contributed by atoms with E-state index in [0.29, 0.717) is 19.0 Å². The lowest BCUT2D eigenvalue weighted by molar-refractivity contribution is -0.141. The molecule has 1 saturated heterocycles. The zero-order valence-corrected chi connectivity index (χ0v) is 9.90. The number of hydrogen-bond donors (Lipinski definition) is 0. The van der Waals surface area contributed by atoms with Crippen molar-refractivity contribution in [3.05, 3.63) is 17.7 Å². The van der Waals surface area contributed by atoms with Crippen molar-refractivity contribution >= 4 is 11.6 Å². The molecule has 0 saturated carbocycles. The minimum absolute atomic E-state index is 0.0642. The van der Waals surface area contributed by atoms with E-state index in [1.807, 2.05) is 13.8 Å². The molecule has 0 radical (unpaired) electrons. The van der Waals surface area contributed by atoms with Crippen molar-refractivity contribution in [1.29, 1.82) is 0 Å². The average molecular weight is 245 g/mol. The fourth-order valence-electron chi connectivity index (χ4n) is 1.41. The Morgan fingerprint density at radius 3 is 2.75 bits per heavy atom. The van der Waals surface area contributed by atoms with E-state index in [0.717, 1.165) is 0 Å². The maximum absolute atomic E-state index is 5.58. The van der Waals surface area contributed by atoms with Gasteiger partial charge in [-0.15, -0.1) is 0 Å². The van der Waals surface area contributed by atoms with E-state index in [9.17, 15) is 0 Å². The van der Waals surface area contributed by atoms with Crippen molar-refractivity contribution in [1.82, 2.24) is 9.97 Å². The average Bonchev–Trinajstić information content (AvgIpc) is 2.58. The molecule has 2 rings (SSSR count). The van der Waals surface area contributed by atoms with Crippen LogP contribution < -0.4 is 4.74 Å². The van der Waals surface area contributed by atoms with Crippen LogP contribution in [0.15, 0.2) is 12.4 Å². The molecule has 0 bridgehead atoms. The van der Waals surface area contributed by atoms with Crippen molar-refractivity contribution in [3.63, 3.8) is 0 Å². The lowest BCUT2D eigenvalue weighted by atomic mass is 10.4. The fourth-order valence-corrected chi connectivity index (χ4v) is 1.51. The van der Waals surface area contributed by atoms with Crippen LogP contribution in [0.25, 0.3) is 0 Å². The number of nitrogens with zero attached hydrogens (tertiary/aromatic N) is 2. The summed E-state index contributed by atoms with van der Waals surface area (Å²) in [5.74, 6) is 0.0440. The zero-order chi connectivity index (χ0) is 11.6. The number of aromatic nitrogens is 2. The molecule has 1 aliphatic heterocycles. The van der Waals surface area contributed by atoms with Crippen molar-refractivity contribution in [2.24, 2.45) is 0 Å². The summed E-state index contributed by atoms with van der Waals surface area (Å²) in [5, 5.41) is 0.203. The van der Waals surface area contributed by atoms with Crippen LogP contribution in [0.5, 0.6) is 5.75 Å². The highest BCUT2D eigenvalue weighted by atomic mass is 35.5. The Morgan fingerprint density at radius 1 is 1.50 bits per heavy atom. The second-order valence-corrected chi connectivity index (χ2v) is 4.29.